The van der Waals surface area contributed by atoms with Crippen LogP contribution in [0, 0.1) is 23.2 Å². The summed E-state index contributed by atoms with van der Waals surface area (Å²) in [5.41, 5.74) is -0.384. The van der Waals surface area contributed by atoms with E-state index in [1.54, 1.807) is 6.07 Å². The number of alkyl halides is 5. The van der Waals surface area contributed by atoms with E-state index in [0.29, 0.717) is 0 Å². The molecule has 2 amide bonds. The first-order valence-electron chi connectivity index (χ1n) is 9.48. The smallest absolute Gasteiger partial charge is 0.343 e. The summed E-state index contributed by atoms with van der Waals surface area (Å²) < 4.78 is 65.0. The first kappa shape index (κ1) is 23.7. The number of hydrogen-bond acceptors (Lipinski definition) is 4. The van der Waals surface area contributed by atoms with Gasteiger partial charge in [0.05, 0.1) is 35.8 Å². The second-order valence-corrected chi connectivity index (χ2v) is 7.16. The predicted molar refractivity (Wildman–Crippen MR) is 105 cm³/mol. The molecule has 1 aliphatic rings. The van der Waals surface area contributed by atoms with Gasteiger partial charge >= 0.3 is 6.18 Å². The first-order chi connectivity index (χ1) is 15.5. The standard InChI is InChI=1S/C22H15F5N4O2/c23-21(24)9-17(10-28)31(13-21)19(32)12-30-20(33)18-7-8-29-11-15(18)4-1-14-2-5-16(6-3-14)22(25,26)27/h2-3,5-8,11,17H,9,12-13H2,(H,30,33)/t17-/m0/s1. The van der Waals surface area contributed by atoms with Gasteiger partial charge in [-0.3, -0.25) is 14.6 Å². The van der Waals surface area contributed by atoms with Gasteiger partial charge in [-0.25, -0.2) is 8.78 Å². The number of likely N-dealkylation sites (tertiary alicyclic amines) is 1. The normalized spacial score (nSPS) is 17.0. The van der Waals surface area contributed by atoms with Crippen LogP contribution in [0.25, 0.3) is 0 Å². The molecular formula is C22H15F5N4O2. The van der Waals surface area contributed by atoms with Crippen molar-refractivity contribution < 1.29 is 31.5 Å². The van der Waals surface area contributed by atoms with Crippen molar-refractivity contribution in [3.05, 3.63) is 65.0 Å². The number of nitrogens with one attached hydrogen (secondary N) is 1. The average Bonchev–Trinajstić information content (AvgIpc) is 3.10. The number of amides is 2. The van der Waals surface area contributed by atoms with Crippen LogP contribution in [0.5, 0.6) is 0 Å². The second kappa shape index (κ2) is 9.25. The molecule has 0 spiro atoms. The molecule has 1 aromatic heterocycles. The third-order valence-electron chi connectivity index (χ3n) is 4.76. The Kier molecular flexibility index (Phi) is 6.63. The molecule has 2 heterocycles. The highest BCUT2D eigenvalue weighted by molar-refractivity contribution is 5.98. The Morgan fingerprint density at radius 1 is 1.18 bits per heavy atom. The second-order valence-electron chi connectivity index (χ2n) is 7.16. The minimum absolute atomic E-state index is 0.0285. The molecule has 1 aromatic carbocycles. The summed E-state index contributed by atoms with van der Waals surface area (Å²) in [4.78, 5) is 29.3. The van der Waals surface area contributed by atoms with Crippen molar-refractivity contribution in [3.8, 4) is 17.9 Å². The Morgan fingerprint density at radius 2 is 1.88 bits per heavy atom. The maximum Gasteiger partial charge on any atom is 0.416 e. The van der Waals surface area contributed by atoms with E-state index in [4.69, 9.17) is 5.26 Å². The Labute approximate surface area is 185 Å². The number of hydrogen-bond donors (Lipinski definition) is 1. The maximum atomic E-state index is 13.5. The van der Waals surface area contributed by atoms with Gasteiger partial charge in [-0.05, 0) is 30.3 Å². The lowest BCUT2D eigenvalue weighted by molar-refractivity contribution is -0.137. The molecule has 6 nitrogen and oxygen atoms in total. The van der Waals surface area contributed by atoms with E-state index in [1.165, 1.54) is 30.6 Å². The number of carbonyl (C=O) groups excluding carboxylic acids is 2. The van der Waals surface area contributed by atoms with Crippen LogP contribution in [0.1, 0.15) is 33.5 Å². The molecule has 1 aliphatic heterocycles. The predicted octanol–water partition coefficient (Wildman–Crippen LogP) is 2.99. The van der Waals surface area contributed by atoms with Crippen molar-refractivity contribution in [2.24, 2.45) is 0 Å². The molecule has 170 valence electrons. The van der Waals surface area contributed by atoms with Crippen molar-refractivity contribution in [3.63, 3.8) is 0 Å². The molecular weight excluding hydrogens is 447 g/mol. The van der Waals surface area contributed by atoms with Crippen LogP contribution in [0.4, 0.5) is 22.0 Å². The van der Waals surface area contributed by atoms with E-state index >= 15 is 0 Å². The first-order valence-corrected chi connectivity index (χ1v) is 9.48. The third-order valence-corrected chi connectivity index (χ3v) is 4.76. The molecule has 1 atom stereocenters. The molecule has 0 saturated carbocycles. The van der Waals surface area contributed by atoms with Gasteiger partial charge < -0.3 is 10.2 Å². The molecule has 0 radical (unpaired) electrons. The minimum Gasteiger partial charge on any atom is -0.343 e. The summed E-state index contributed by atoms with van der Waals surface area (Å²) in [5, 5.41) is 11.3. The van der Waals surface area contributed by atoms with E-state index in [0.717, 1.165) is 17.0 Å². The number of rotatable bonds is 3. The van der Waals surface area contributed by atoms with Crippen LogP contribution in [0.15, 0.2) is 42.7 Å². The van der Waals surface area contributed by atoms with Crippen molar-refractivity contribution in [1.29, 1.82) is 5.26 Å². The van der Waals surface area contributed by atoms with Gasteiger partial charge in [-0.1, -0.05) is 11.8 Å². The summed E-state index contributed by atoms with van der Waals surface area (Å²) in [6, 6.07) is 5.80. The van der Waals surface area contributed by atoms with Crippen LogP contribution in [0.3, 0.4) is 0 Å². The van der Waals surface area contributed by atoms with E-state index in [-0.39, 0.29) is 16.7 Å². The number of nitriles is 1. The molecule has 0 bridgehead atoms. The molecule has 3 rings (SSSR count). The molecule has 0 aliphatic carbocycles. The molecule has 1 saturated heterocycles. The van der Waals surface area contributed by atoms with Gasteiger partial charge in [0.15, 0.2) is 0 Å². The Morgan fingerprint density at radius 3 is 2.52 bits per heavy atom. The number of aromatic nitrogens is 1. The van der Waals surface area contributed by atoms with Gasteiger partial charge in [0.1, 0.15) is 6.04 Å². The van der Waals surface area contributed by atoms with Gasteiger partial charge in [-0.15, -0.1) is 0 Å². The third kappa shape index (κ3) is 5.83. The van der Waals surface area contributed by atoms with Crippen LogP contribution in [0.2, 0.25) is 0 Å². The van der Waals surface area contributed by atoms with Crippen LogP contribution < -0.4 is 5.32 Å². The topological polar surface area (TPSA) is 86.1 Å². The van der Waals surface area contributed by atoms with Crippen LogP contribution in [-0.4, -0.2) is 46.8 Å². The lowest BCUT2D eigenvalue weighted by Gasteiger charge is -2.19. The highest BCUT2D eigenvalue weighted by Crippen LogP contribution is 2.31. The summed E-state index contributed by atoms with van der Waals surface area (Å²) >= 11 is 0. The lowest BCUT2D eigenvalue weighted by Crippen LogP contribution is -2.43. The van der Waals surface area contributed by atoms with Crippen LogP contribution in [-0.2, 0) is 11.0 Å². The molecule has 33 heavy (non-hydrogen) atoms. The zero-order chi connectivity index (χ0) is 24.2. The molecule has 1 fully saturated rings. The fraction of sp³-hybridized carbons (Fsp3) is 0.273. The van der Waals surface area contributed by atoms with E-state index in [9.17, 15) is 31.5 Å². The molecule has 11 heteroatoms. The maximum absolute atomic E-state index is 13.5. The minimum atomic E-state index is -4.48. The number of pyridine rings is 1. The highest BCUT2D eigenvalue weighted by Gasteiger charge is 2.47. The largest absolute Gasteiger partial charge is 0.416 e. The van der Waals surface area contributed by atoms with Crippen molar-refractivity contribution in [2.45, 2.75) is 24.6 Å². The Hall–Kier alpha value is -3.99. The Balaban J connectivity index is 1.69. The quantitative estimate of drug-likeness (QED) is 0.562. The SMILES string of the molecule is N#C[C@@H]1CC(F)(F)CN1C(=O)CNC(=O)c1ccncc1C#Cc1ccc(C(F)(F)F)cc1. The number of halogens is 5. The Bertz CT molecular complexity index is 1160. The molecule has 2 aromatic rings. The summed E-state index contributed by atoms with van der Waals surface area (Å²) in [6.07, 6.45) is -2.68. The van der Waals surface area contributed by atoms with Crippen molar-refractivity contribution >= 4 is 11.8 Å². The van der Waals surface area contributed by atoms with E-state index in [2.05, 4.69) is 22.1 Å². The fourth-order valence-electron chi connectivity index (χ4n) is 3.12. The highest BCUT2D eigenvalue weighted by atomic mass is 19.4. The fourth-order valence-corrected chi connectivity index (χ4v) is 3.12. The van der Waals surface area contributed by atoms with Crippen molar-refractivity contribution in [1.82, 2.24) is 15.2 Å². The van der Waals surface area contributed by atoms with Crippen molar-refractivity contribution in [2.75, 3.05) is 13.1 Å². The zero-order valence-corrected chi connectivity index (χ0v) is 16.8. The van der Waals surface area contributed by atoms with Gasteiger partial charge in [0.25, 0.3) is 11.8 Å². The number of nitrogens with zero attached hydrogens (tertiary/aromatic N) is 3. The van der Waals surface area contributed by atoms with E-state index in [1.807, 2.05) is 0 Å². The monoisotopic (exact) mass is 462 g/mol. The number of benzene rings is 1. The summed E-state index contributed by atoms with van der Waals surface area (Å²) in [5.74, 6) is 0.538. The summed E-state index contributed by atoms with van der Waals surface area (Å²) in [6.45, 7) is -1.51. The van der Waals surface area contributed by atoms with Crippen LogP contribution >= 0.6 is 0 Å². The number of carbonyl (C=O) groups is 2. The molecule has 1 N–H and O–H groups in total. The van der Waals surface area contributed by atoms with Gasteiger partial charge in [0.2, 0.25) is 5.91 Å². The average molecular weight is 462 g/mol. The lowest BCUT2D eigenvalue weighted by atomic mass is 10.1. The zero-order valence-electron chi connectivity index (χ0n) is 16.8. The van der Waals surface area contributed by atoms with Gasteiger partial charge in [0, 0.05) is 24.4 Å². The summed E-state index contributed by atoms with van der Waals surface area (Å²) in [7, 11) is 0. The van der Waals surface area contributed by atoms with E-state index < -0.39 is 55.0 Å². The van der Waals surface area contributed by atoms with Gasteiger partial charge in [-0.2, -0.15) is 18.4 Å². The molecule has 0 unspecified atom stereocenters.